The smallest absolute Gasteiger partial charge is 0.124 e. The minimum Gasteiger partial charge on any atom is -0.314 e. The van der Waals surface area contributed by atoms with Crippen molar-refractivity contribution in [3.63, 3.8) is 0 Å². The molecule has 0 heterocycles. The molecule has 0 spiro atoms. The molecule has 0 bridgehead atoms. The van der Waals surface area contributed by atoms with Crippen LogP contribution in [-0.4, -0.2) is 12.6 Å². The van der Waals surface area contributed by atoms with Crippen LogP contribution in [0.2, 0.25) is 5.02 Å². The van der Waals surface area contributed by atoms with E-state index in [1.54, 1.807) is 0 Å². The van der Waals surface area contributed by atoms with Crippen LogP contribution in [0.1, 0.15) is 38.7 Å². The molecule has 1 aliphatic rings. The molecule has 17 heavy (non-hydrogen) atoms. The summed E-state index contributed by atoms with van der Waals surface area (Å²) >= 11 is 6.17. The fourth-order valence-corrected chi connectivity index (χ4v) is 2.83. The number of halogens is 2. The molecule has 0 unspecified atom stereocenters. The Hall–Kier alpha value is -0.600. The van der Waals surface area contributed by atoms with Crippen LogP contribution in [0.25, 0.3) is 0 Å². The molecule has 0 aliphatic heterocycles. The zero-order chi connectivity index (χ0) is 12.5. The standard InChI is InChI=1S/C14H19ClFN/c1-10(2)17-9-14(6-3-7-14)12-5-4-11(16)8-13(12)15/h4-5,8,10,17H,3,6-7,9H2,1-2H3. The molecular formula is C14H19ClFN. The average Bonchev–Trinajstić information content (AvgIpc) is 2.18. The lowest BCUT2D eigenvalue weighted by Crippen LogP contribution is -2.45. The molecule has 2 rings (SSSR count). The van der Waals surface area contributed by atoms with E-state index >= 15 is 0 Å². The SMILES string of the molecule is CC(C)NCC1(c2ccc(F)cc2Cl)CCC1. The van der Waals surface area contributed by atoms with Crippen molar-refractivity contribution in [2.45, 2.75) is 44.6 Å². The zero-order valence-corrected chi connectivity index (χ0v) is 11.1. The van der Waals surface area contributed by atoms with Gasteiger partial charge in [-0.05, 0) is 30.5 Å². The average molecular weight is 256 g/mol. The topological polar surface area (TPSA) is 12.0 Å². The predicted octanol–water partition coefficient (Wildman–Crippen LogP) is 3.90. The Kier molecular flexibility index (Phi) is 3.74. The van der Waals surface area contributed by atoms with Crippen molar-refractivity contribution in [2.24, 2.45) is 0 Å². The maximum Gasteiger partial charge on any atom is 0.124 e. The van der Waals surface area contributed by atoms with Gasteiger partial charge in [-0.1, -0.05) is 37.9 Å². The van der Waals surface area contributed by atoms with E-state index in [1.165, 1.54) is 18.6 Å². The molecule has 1 nitrogen and oxygen atoms in total. The zero-order valence-electron chi connectivity index (χ0n) is 10.4. The molecule has 1 N–H and O–H groups in total. The van der Waals surface area contributed by atoms with E-state index in [9.17, 15) is 4.39 Å². The number of hydrogen-bond donors (Lipinski definition) is 1. The lowest BCUT2D eigenvalue weighted by atomic mass is 9.64. The highest BCUT2D eigenvalue weighted by Gasteiger charge is 2.39. The number of benzene rings is 1. The number of nitrogens with one attached hydrogen (secondary N) is 1. The summed E-state index contributed by atoms with van der Waals surface area (Å²) < 4.78 is 13.1. The molecule has 1 aliphatic carbocycles. The van der Waals surface area contributed by atoms with Crippen LogP contribution < -0.4 is 5.32 Å². The normalized spacial score (nSPS) is 18.2. The second-order valence-corrected chi connectivity index (χ2v) is 5.70. The second-order valence-electron chi connectivity index (χ2n) is 5.29. The van der Waals surface area contributed by atoms with Gasteiger partial charge in [0.05, 0.1) is 0 Å². The van der Waals surface area contributed by atoms with Gasteiger partial charge in [0.15, 0.2) is 0 Å². The molecule has 3 heteroatoms. The van der Waals surface area contributed by atoms with Gasteiger partial charge in [-0.3, -0.25) is 0 Å². The Labute approximate surface area is 107 Å². The van der Waals surface area contributed by atoms with Gasteiger partial charge in [-0.2, -0.15) is 0 Å². The summed E-state index contributed by atoms with van der Waals surface area (Å²) in [5, 5.41) is 4.04. The summed E-state index contributed by atoms with van der Waals surface area (Å²) in [5.41, 5.74) is 1.22. The first-order chi connectivity index (χ1) is 8.03. The predicted molar refractivity (Wildman–Crippen MR) is 70.1 cm³/mol. The van der Waals surface area contributed by atoms with Gasteiger partial charge in [0.25, 0.3) is 0 Å². The van der Waals surface area contributed by atoms with Crippen molar-refractivity contribution in [3.05, 3.63) is 34.6 Å². The molecule has 1 fully saturated rings. The minimum absolute atomic E-state index is 0.120. The van der Waals surface area contributed by atoms with Crippen molar-refractivity contribution < 1.29 is 4.39 Å². The highest BCUT2D eigenvalue weighted by Crippen LogP contribution is 2.45. The molecule has 0 radical (unpaired) electrons. The molecule has 0 aromatic heterocycles. The fourth-order valence-electron chi connectivity index (χ4n) is 2.46. The molecule has 1 saturated carbocycles. The molecule has 1 aromatic carbocycles. The van der Waals surface area contributed by atoms with Crippen LogP contribution in [0.5, 0.6) is 0 Å². The fraction of sp³-hybridized carbons (Fsp3) is 0.571. The Morgan fingerprint density at radius 1 is 1.41 bits per heavy atom. The van der Waals surface area contributed by atoms with E-state index in [2.05, 4.69) is 19.2 Å². The number of rotatable bonds is 4. The molecule has 1 aromatic rings. The summed E-state index contributed by atoms with van der Waals surface area (Å²) in [7, 11) is 0. The molecule has 0 amide bonds. The molecule has 0 saturated heterocycles. The molecule has 0 atom stereocenters. The van der Waals surface area contributed by atoms with E-state index in [0.717, 1.165) is 24.9 Å². The summed E-state index contributed by atoms with van der Waals surface area (Å²) in [6, 6.07) is 5.24. The summed E-state index contributed by atoms with van der Waals surface area (Å²) in [4.78, 5) is 0. The van der Waals surface area contributed by atoms with Crippen molar-refractivity contribution in [1.82, 2.24) is 5.32 Å². The monoisotopic (exact) mass is 255 g/mol. The highest BCUT2D eigenvalue weighted by molar-refractivity contribution is 6.31. The van der Waals surface area contributed by atoms with Gasteiger partial charge < -0.3 is 5.32 Å². The summed E-state index contributed by atoms with van der Waals surface area (Å²) in [6.45, 7) is 5.20. The van der Waals surface area contributed by atoms with Crippen LogP contribution in [-0.2, 0) is 5.41 Å². The van der Waals surface area contributed by atoms with Gasteiger partial charge in [0, 0.05) is 23.0 Å². The Balaban J connectivity index is 2.22. The van der Waals surface area contributed by atoms with Crippen LogP contribution in [0, 0.1) is 5.82 Å². The van der Waals surface area contributed by atoms with E-state index in [4.69, 9.17) is 11.6 Å². The minimum atomic E-state index is -0.259. The van der Waals surface area contributed by atoms with Crippen molar-refractivity contribution >= 4 is 11.6 Å². The first-order valence-corrected chi connectivity index (χ1v) is 6.60. The lowest BCUT2D eigenvalue weighted by molar-refractivity contribution is 0.228. The van der Waals surface area contributed by atoms with E-state index < -0.39 is 0 Å². The van der Waals surface area contributed by atoms with E-state index in [-0.39, 0.29) is 11.2 Å². The van der Waals surface area contributed by atoms with Crippen molar-refractivity contribution in [2.75, 3.05) is 6.54 Å². The summed E-state index contributed by atoms with van der Waals surface area (Å²) in [6.07, 6.45) is 3.50. The largest absolute Gasteiger partial charge is 0.314 e. The Morgan fingerprint density at radius 3 is 2.59 bits per heavy atom. The van der Waals surface area contributed by atoms with E-state index in [1.807, 2.05) is 6.07 Å². The lowest BCUT2D eigenvalue weighted by Gasteiger charge is -2.43. The van der Waals surface area contributed by atoms with Crippen molar-refractivity contribution in [1.29, 1.82) is 0 Å². The van der Waals surface area contributed by atoms with Gasteiger partial charge in [-0.25, -0.2) is 4.39 Å². The molecular weight excluding hydrogens is 237 g/mol. The Morgan fingerprint density at radius 2 is 2.12 bits per heavy atom. The summed E-state index contributed by atoms with van der Waals surface area (Å²) in [5.74, 6) is -0.259. The third-order valence-corrected chi connectivity index (χ3v) is 3.97. The second kappa shape index (κ2) is 4.95. The van der Waals surface area contributed by atoms with Gasteiger partial charge in [0.1, 0.15) is 5.82 Å². The quantitative estimate of drug-likeness (QED) is 0.861. The first kappa shape index (κ1) is 12.8. The van der Waals surface area contributed by atoms with Gasteiger partial charge in [0.2, 0.25) is 0 Å². The maximum absolute atomic E-state index is 13.1. The maximum atomic E-state index is 13.1. The third-order valence-electron chi connectivity index (χ3n) is 3.66. The number of hydrogen-bond acceptors (Lipinski definition) is 1. The van der Waals surface area contributed by atoms with Crippen LogP contribution >= 0.6 is 11.6 Å². The van der Waals surface area contributed by atoms with Crippen LogP contribution in [0.3, 0.4) is 0 Å². The first-order valence-electron chi connectivity index (χ1n) is 6.22. The Bertz CT molecular complexity index is 399. The van der Waals surface area contributed by atoms with Gasteiger partial charge >= 0.3 is 0 Å². The van der Waals surface area contributed by atoms with Crippen LogP contribution in [0.15, 0.2) is 18.2 Å². The third kappa shape index (κ3) is 2.63. The van der Waals surface area contributed by atoms with Crippen molar-refractivity contribution in [3.8, 4) is 0 Å². The highest BCUT2D eigenvalue weighted by atomic mass is 35.5. The van der Waals surface area contributed by atoms with Gasteiger partial charge in [-0.15, -0.1) is 0 Å². The molecule has 94 valence electrons. The van der Waals surface area contributed by atoms with Crippen LogP contribution in [0.4, 0.5) is 4.39 Å². The van der Waals surface area contributed by atoms with E-state index in [0.29, 0.717) is 11.1 Å².